The number of nitrogens with one attached hydrogen (secondary N) is 3. The van der Waals surface area contributed by atoms with Crippen LogP contribution >= 0.6 is 0 Å². The van der Waals surface area contributed by atoms with Gasteiger partial charge < -0.3 is 16.0 Å². The topological polar surface area (TPSA) is 104 Å². The van der Waals surface area contributed by atoms with Gasteiger partial charge in [0.2, 0.25) is 5.91 Å². The van der Waals surface area contributed by atoms with E-state index in [2.05, 4.69) is 16.0 Å². The summed E-state index contributed by atoms with van der Waals surface area (Å²) < 4.78 is 35.3. The number of amides is 3. The Morgan fingerprint density at radius 2 is 1.91 bits per heavy atom. The molecule has 2 rings (SSSR count). The van der Waals surface area contributed by atoms with E-state index in [1.807, 2.05) is 0 Å². The van der Waals surface area contributed by atoms with Gasteiger partial charge in [0, 0.05) is 24.7 Å². The molecule has 1 aromatic rings. The molecule has 3 N–H and O–H groups in total. The van der Waals surface area contributed by atoms with Crippen LogP contribution in [-0.4, -0.2) is 44.4 Å². The molecule has 3 amide bonds. The average Bonchev–Trinajstić information content (AvgIpc) is 2.80. The van der Waals surface area contributed by atoms with Crippen LogP contribution in [0.3, 0.4) is 0 Å². The van der Waals surface area contributed by atoms with E-state index in [0.29, 0.717) is 12.1 Å². The van der Waals surface area contributed by atoms with Crippen molar-refractivity contribution < 1.29 is 22.4 Å². The second-order valence-corrected chi connectivity index (χ2v) is 7.53. The van der Waals surface area contributed by atoms with E-state index in [1.54, 1.807) is 0 Å². The first-order chi connectivity index (χ1) is 10.8. The lowest BCUT2D eigenvalue weighted by Gasteiger charge is -2.12. The van der Waals surface area contributed by atoms with Gasteiger partial charge in [0.1, 0.15) is 5.82 Å². The monoisotopic (exact) mass is 343 g/mol. The number of carbonyl (C=O) groups is 2. The highest BCUT2D eigenvalue weighted by Gasteiger charge is 2.28. The zero-order chi connectivity index (χ0) is 16.9. The summed E-state index contributed by atoms with van der Waals surface area (Å²) in [6.45, 7) is 0.109. The zero-order valence-electron chi connectivity index (χ0n) is 12.3. The van der Waals surface area contributed by atoms with Gasteiger partial charge in [0.15, 0.2) is 9.84 Å². The van der Waals surface area contributed by atoms with Gasteiger partial charge in [-0.1, -0.05) is 0 Å². The fraction of sp³-hybridized carbons (Fsp3) is 0.429. The first-order valence-corrected chi connectivity index (χ1v) is 8.96. The number of benzene rings is 1. The highest BCUT2D eigenvalue weighted by atomic mass is 32.2. The fourth-order valence-corrected chi connectivity index (χ4v) is 3.86. The molecule has 126 valence electrons. The Balaban J connectivity index is 1.65. The lowest BCUT2D eigenvalue weighted by atomic mass is 10.3. The van der Waals surface area contributed by atoms with E-state index < -0.39 is 21.7 Å². The predicted octanol–water partition coefficient (Wildman–Crippen LogP) is 0.641. The van der Waals surface area contributed by atoms with E-state index in [9.17, 15) is 22.4 Å². The molecule has 0 aliphatic carbocycles. The Morgan fingerprint density at radius 1 is 1.22 bits per heavy atom. The molecular formula is C14H18FN3O4S. The second kappa shape index (κ2) is 7.40. The molecule has 1 saturated heterocycles. The third-order valence-corrected chi connectivity index (χ3v) is 5.10. The van der Waals surface area contributed by atoms with Crippen molar-refractivity contribution in [1.29, 1.82) is 0 Å². The molecule has 0 unspecified atom stereocenters. The molecule has 0 bridgehead atoms. The predicted molar refractivity (Wildman–Crippen MR) is 83.2 cm³/mol. The van der Waals surface area contributed by atoms with Crippen molar-refractivity contribution in [2.24, 2.45) is 0 Å². The van der Waals surface area contributed by atoms with Crippen molar-refractivity contribution in [3.05, 3.63) is 30.1 Å². The summed E-state index contributed by atoms with van der Waals surface area (Å²) >= 11 is 0. The number of rotatable bonds is 5. The highest BCUT2D eigenvalue weighted by Crippen LogP contribution is 2.11. The Labute approximate surface area is 133 Å². The Hall–Kier alpha value is -2.16. The number of anilines is 1. The second-order valence-electron chi connectivity index (χ2n) is 5.31. The lowest BCUT2D eigenvalue weighted by Crippen LogP contribution is -2.43. The molecular weight excluding hydrogens is 325 g/mol. The maximum atomic E-state index is 12.7. The van der Waals surface area contributed by atoms with Crippen molar-refractivity contribution in [3.63, 3.8) is 0 Å². The van der Waals surface area contributed by atoms with Crippen LogP contribution in [-0.2, 0) is 14.6 Å². The summed E-state index contributed by atoms with van der Waals surface area (Å²) in [5, 5.41) is 7.63. The summed E-state index contributed by atoms with van der Waals surface area (Å²) in [6.07, 6.45) is 0.453. The molecule has 1 atom stereocenters. The van der Waals surface area contributed by atoms with Gasteiger partial charge in [-0.15, -0.1) is 0 Å². The molecule has 7 nitrogen and oxygen atoms in total. The summed E-state index contributed by atoms with van der Waals surface area (Å²) in [7, 11) is -3.05. The standard InChI is InChI=1S/C14H18FN3O4S/c15-10-1-3-11(4-2-10)17-13(19)5-7-16-14(20)18-12-6-8-23(21,22)9-12/h1-4,12H,5-9H2,(H,17,19)(H2,16,18,20)/t12-/m1/s1. The Morgan fingerprint density at radius 3 is 2.52 bits per heavy atom. The molecule has 0 spiro atoms. The first-order valence-electron chi connectivity index (χ1n) is 7.14. The van der Waals surface area contributed by atoms with Crippen LogP contribution in [0.4, 0.5) is 14.9 Å². The molecule has 23 heavy (non-hydrogen) atoms. The van der Waals surface area contributed by atoms with E-state index in [-0.39, 0.29) is 36.4 Å². The Kier molecular flexibility index (Phi) is 5.54. The average molecular weight is 343 g/mol. The lowest BCUT2D eigenvalue weighted by molar-refractivity contribution is -0.116. The SMILES string of the molecule is O=C(CCNC(=O)N[C@@H]1CCS(=O)(=O)C1)Nc1ccc(F)cc1. The van der Waals surface area contributed by atoms with E-state index in [4.69, 9.17) is 0 Å². The number of hydrogen-bond acceptors (Lipinski definition) is 4. The molecule has 0 aromatic heterocycles. The summed E-state index contributed by atoms with van der Waals surface area (Å²) in [4.78, 5) is 23.2. The quantitative estimate of drug-likeness (QED) is 0.730. The number of carbonyl (C=O) groups excluding carboxylic acids is 2. The van der Waals surface area contributed by atoms with Crippen molar-refractivity contribution >= 4 is 27.5 Å². The number of urea groups is 1. The van der Waals surface area contributed by atoms with Crippen molar-refractivity contribution in [3.8, 4) is 0 Å². The van der Waals surface area contributed by atoms with E-state index in [1.165, 1.54) is 24.3 Å². The molecule has 1 aromatic carbocycles. The highest BCUT2D eigenvalue weighted by molar-refractivity contribution is 7.91. The smallest absolute Gasteiger partial charge is 0.315 e. The minimum atomic E-state index is -3.05. The van der Waals surface area contributed by atoms with Crippen molar-refractivity contribution in [2.45, 2.75) is 18.9 Å². The minimum Gasteiger partial charge on any atom is -0.338 e. The largest absolute Gasteiger partial charge is 0.338 e. The molecule has 1 fully saturated rings. The van der Waals surface area contributed by atoms with E-state index >= 15 is 0 Å². The van der Waals surface area contributed by atoms with Gasteiger partial charge in [0.05, 0.1) is 11.5 Å². The zero-order valence-corrected chi connectivity index (χ0v) is 13.2. The van der Waals surface area contributed by atoms with Gasteiger partial charge in [-0.25, -0.2) is 17.6 Å². The van der Waals surface area contributed by atoms with Crippen molar-refractivity contribution in [2.75, 3.05) is 23.4 Å². The Bertz CT molecular complexity index is 676. The third kappa shape index (κ3) is 5.85. The summed E-state index contributed by atoms with van der Waals surface area (Å²) in [5.41, 5.74) is 0.469. The van der Waals surface area contributed by atoms with Gasteiger partial charge in [0.25, 0.3) is 0 Å². The molecule has 1 aliphatic heterocycles. The number of sulfone groups is 1. The van der Waals surface area contributed by atoms with Crippen LogP contribution < -0.4 is 16.0 Å². The molecule has 1 heterocycles. The van der Waals surface area contributed by atoms with Crippen molar-refractivity contribution in [1.82, 2.24) is 10.6 Å². The fourth-order valence-electron chi connectivity index (χ4n) is 2.19. The van der Waals surface area contributed by atoms with E-state index in [0.717, 1.165) is 0 Å². The van der Waals surface area contributed by atoms with Gasteiger partial charge >= 0.3 is 6.03 Å². The number of hydrogen-bond donors (Lipinski definition) is 3. The third-order valence-electron chi connectivity index (χ3n) is 3.33. The van der Waals surface area contributed by atoms with Gasteiger partial charge in [-0.3, -0.25) is 4.79 Å². The normalized spacial score (nSPS) is 19.1. The van der Waals surface area contributed by atoms with Crippen LogP contribution in [0.2, 0.25) is 0 Å². The van der Waals surface area contributed by atoms with Gasteiger partial charge in [-0.2, -0.15) is 0 Å². The molecule has 1 aliphatic rings. The maximum Gasteiger partial charge on any atom is 0.315 e. The van der Waals surface area contributed by atoms with Crippen LogP contribution in [0.25, 0.3) is 0 Å². The van der Waals surface area contributed by atoms with Crippen LogP contribution in [0.15, 0.2) is 24.3 Å². The first kappa shape index (κ1) is 17.2. The van der Waals surface area contributed by atoms with Crippen LogP contribution in [0, 0.1) is 5.82 Å². The van der Waals surface area contributed by atoms with Gasteiger partial charge in [-0.05, 0) is 30.7 Å². The molecule has 0 radical (unpaired) electrons. The summed E-state index contributed by atoms with van der Waals surface area (Å²) in [6, 6.07) is 4.46. The minimum absolute atomic E-state index is 0.0494. The molecule has 0 saturated carbocycles. The maximum absolute atomic E-state index is 12.7. The molecule has 9 heteroatoms. The number of halogens is 1. The van der Waals surface area contributed by atoms with Crippen LogP contribution in [0.5, 0.6) is 0 Å². The van der Waals surface area contributed by atoms with Crippen LogP contribution in [0.1, 0.15) is 12.8 Å². The summed E-state index contributed by atoms with van der Waals surface area (Å²) in [5.74, 6) is -0.681.